The highest BCUT2D eigenvalue weighted by molar-refractivity contribution is 5.79. The molecule has 2 N–H and O–H groups in total. The fourth-order valence-electron chi connectivity index (χ4n) is 2.79. The van der Waals surface area contributed by atoms with Gasteiger partial charge in [-0.05, 0) is 30.9 Å². The Hall–Kier alpha value is -2.04. The molecule has 0 aromatic carbocycles. The van der Waals surface area contributed by atoms with Crippen molar-refractivity contribution in [1.29, 1.82) is 0 Å². The number of allylic oxidation sites excluding steroid dienone is 3. The average molecular weight is 273 g/mol. The SMILES string of the molecule is CCc1cc(C2=C(OC)C3CC3C=C2OC)nc(N)n1. The molecule has 1 aromatic rings. The fourth-order valence-corrected chi connectivity index (χ4v) is 2.79. The molecule has 1 fully saturated rings. The summed E-state index contributed by atoms with van der Waals surface area (Å²) in [5.74, 6) is 3.05. The van der Waals surface area contributed by atoms with Crippen molar-refractivity contribution in [3.63, 3.8) is 0 Å². The molecule has 0 amide bonds. The monoisotopic (exact) mass is 273 g/mol. The molecule has 3 rings (SSSR count). The van der Waals surface area contributed by atoms with Crippen LogP contribution in [0.5, 0.6) is 0 Å². The number of aryl methyl sites for hydroxylation is 1. The molecule has 2 unspecified atom stereocenters. The molecule has 0 radical (unpaired) electrons. The van der Waals surface area contributed by atoms with Gasteiger partial charge in [-0.25, -0.2) is 9.97 Å². The molecule has 0 bridgehead atoms. The first kappa shape index (κ1) is 13.0. The van der Waals surface area contributed by atoms with Crippen molar-refractivity contribution in [2.24, 2.45) is 11.8 Å². The molecule has 2 aliphatic carbocycles. The van der Waals surface area contributed by atoms with E-state index in [9.17, 15) is 0 Å². The normalized spacial score (nSPS) is 24.1. The van der Waals surface area contributed by atoms with Crippen molar-refractivity contribution in [1.82, 2.24) is 9.97 Å². The summed E-state index contributed by atoms with van der Waals surface area (Å²) in [4.78, 5) is 8.58. The van der Waals surface area contributed by atoms with Gasteiger partial charge in [-0.3, -0.25) is 0 Å². The third-order valence-corrected chi connectivity index (χ3v) is 3.89. The zero-order chi connectivity index (χ0) is 14.3. The van der Waals surface area contributed by atoms with Crippen LogP contribution in [0.25, 0.3) is 5.57 Å². The molecule has 5 nitrogen and oxygen atoms in total. The second-order valence-electron chi connectivity index (χ2n) is 5.14. The van der Waals surface area contributed by atoms with Crippen LogP contribution in [0, 0.1) is 11.8 Å². The quantitative estimate of drug-likeness (QED) is 0.910. The number of hydrogen-bond acceptors (Lipinski definition) is 5. The Balaban J connectivity index is 2.14. The van der Waals surface area contributed by atoms with Crippen LogP contribution < -0.4 is 5.73 Å². The van der Waals surface area contributed by atoms with E-state index < -0.39 is 0 Å². The maximum Gasteiger partial charge on any atom is 0.220 e. The average Bonchev–Trinajstić information content (AvgIpc) is 3.23. The minimum atomic E-state index is 0.288. The lowest BCUT2D eigenvalue weighted by Gasteiger charge is -2.20. The number of rotatable bonds is 4. The first-order valence-electron chi connectivity index (χ1n) is 6.86. The van der Waals surface area contributed by atoms with Crippen LogP contribution >= 0.6 is 0 Å². The van der Waals surface area contributed by atoms with E-state index >= 15 is 0 Å². The van der Waals surface area contributed by atoms with Gasteiger partial charge in [0.05, 0.1) is 25.5 Å². The highest BCUT2D eigenvalue weighted by Crippen LogP contribution is 2.53. The lowest BCUT2D eigenvalue weighted by molar-refractivity contribution is 0.256. The lowest BCUT2D eigenvalue weighted by atomic mass is 9.99. The summed E-state index contributed by atoms with van der Waals surface area (Å²) in [5.41, 5.74) is 8.43. The molecule has 106 valence electrons. The molecular formula is C15H19N3O2. The van der Waals surface area contributed by atoms with Crippen LogP contribution in [-0.2, 0) is 15.9 Å². The second kappa shape index (κ2) is 4.81. The molecule has 1 saturated carbocycles. The van der Waals surface area contributed by atoms with E-state index in [4.69, 9.17) is 15.2 Å². The maximum absolute atomic E-state index is 5.81. The van der Waals surface area contributed by atoms with Gasteiger partial charge < -0.3 is 15.2 Å². The highest BCUT2D eigenvalue weighted by atomic mass is 16.5. The van der Waals surface area contributed by atoms with Crippen LogP contribution in [0.2, 0.25) is 0 Å². The molecule has 2 atom stereocenters. The molecule has 0 aliphatic heterocycles. The minimum Gasteiger partial charge on any atom is -0.500 e. The van der Waals surface area contributed by atoms with Crippen molar-refractivity contribution in [2.75, 3.05) is 20.0 Å². The van der Waals surface area contributed by atoms with Gasteiger partial charge in [0.15, 0.2) is 0 Å². The van der Waals surface area contributed by atoms with E-state index in [2.05, 4.69) is 16.0 Å². The maximum atomic E-state index is 5.81. The zero-order valence-corrected chi connectivity index (χ0v) is 12.0. The molecular weight excluding hydrogens is 254 g/mol. The van der Waals surface area contributed by atoms with Crippen LogP contribution in [0.3, 0.4) is 0 Å². The van der Waals surface area contributed by atoms with Gasteiger partial charge in [-0.1, -0.05) is 6.92 Å². The van der Waals surface area contributed by atoms with E-state index in [1.807, 2.05) is 13.0 Å². The number of nitrogens with zero attached hydrogens (tertiary/aromatic N) is 2. The van der Waals surface area contributed by atoms with Crippen LogP contribution in [0.1, 0.15) is 24.7 Å². The highest BCUT2D eigenvalue weighted by Gasteiger charge is 2.45. The minimum absolute atomic E-state index is 0.288. The Morgan fingerprint density at radius 2 is 2.10 bits per heavy atom. The summed E-state index contributed by atoms with van der Waals surface area (Å²) in [5, 5.41) is 0. The van der Waals surface area contributed by atoms with Crippen molar-refractivity contribution in [3.05, 3.63) is 35.0 Å². The number of nitrogen functional groups attached to an aromatic ring is 1. The van der Waals surface area contributed by atoms with E-state index in [0.717, 1.165) is 41.3 Å². The van der Waals surface area contributed by atoms with Gasteiger partial charge in [0.2, 0.25) is 5.95 Å². The Labute approximate surface area is 118 Å². The van der Waals surface area contributed by atoms with Crippen LogP contribution in [0.4, 0.5) is 5.95 Å². The van der Waals surface area contributed by atoms with Gasteiger partial charge in [0.25, 0.3) is 0 Å². The van der Waals surface area contributed by atoms with Gasteiger partial charge in [-0.15, -0.1) is 0 Å². The molecule has 0 spiro atoms. The van der Waals surface area contributed by atoms with Crippen molar-refractivity contribution in [3.8, 4) is 0 Å². The van der Waals surface area contributed by atoms with Gasteiger partial charge in [0, 0.05) is 11.6 Å². The van der Waals surface area contributed by atoms with E-state index in [-0.39, 0.29) is 5.95 Å². The molecule has 5 heteroatoms. The number of aromatic nitrogens is 2. The van der Waals surface area contributed by atoms with E-state index in [0.29, 0.717) is 11.8 Å². The summed E-state index contributed by atoms with van der Waals surface area (Å²) in [6.07, 6.45) is 4.08. The predicted octanol–water partition coefficient (Wildman–Crippen LogP) is 2.16. The lowest BCUT2D eigenvalue weighted by Crippen LogP contribution is -2.10. The van der Waals surface area contributed by atoms with Crippen molar-refractivity contribution >= 4 is 11.5 Å². The fraction of sp³-hybridized carbons (Fsp3) is 0.467. The Morgan fingerprint density at radius 3 is 2.75 bits per heavy atom. The Bertz CT molecular complexity index is 607. The van der Waals surface area contributed by atoms with Crippen molar-refractivity contribution < 1.29 is 9.47 Å². The van der Waals surface area contributed by atoms with Crippen LogP contribution in [-0.4, -0.2) is 24.2 Å². The van der Waals surface area contributed by atoms with Gasteiger partial charge >= 0.3 is 0 Å². The molecule has 2 aliphatic rings. The topological polar surface area (TPSA) is 70.3 Å². The number of hydrogen-bond donors (Lipinski definition) is 1. The van der Waals surface area contributed by atoms with E-state index in [1.165, 1.54) is 0 Å². The number of nitrogens with two attached hydrogens (primary N) is 1. The summed E-state index contributed by atoms with van der Waals surface area (Å²) >= 11 is 0. The second-order valence-corrected chi connectivity index (χ2v) is 5.14. The standard InChI is InChI=1S/C15H19N3O2/c1-4-9-7-11(18-15(16)17-9)13-12(19-2)6-8-5-10(8)14(13)20-3/h6-8,10H,4-5H2,1-3H3,(H2,16,17,18). The third-order valence-electron chi connectivity index (χ3n) is 3.89. The largest absolute Gasteiger partial charge is 0.500 e. The summed E-state index contributed by atoms with van der Waals surface area (Å²) in [6.45, 7) is 2.04. The first-order chi connectivity index (χ1) is 9.67. The number of anilines is 1. The van der Waals surface area contributed by atoms with E-state index in [1.54, 1.807) is 14.2 Å². The number of fused-ring (bicyclic) bond motifs is 1. The van der Waals surface area contributed by atoms with Gasteiger partial charge in [0.1, 0.15) is 11.5 Å². The predicted molar refractivity (Wildman–Crippen MR) is 76.4 cm³/mol. The van der Waals surface area contributed by atoms with Gasteiger partial charge in [-0.2, -0.15) is 0 Å². The first-order valence-corrected chi connectivity index (χ1v) is 6.86. The molecule has 20 heavy (non-hydrogen) atoms. The number of methoxy groups -OCH3 is 2. The third kappa shape index (κ3) is 2.03. The Morgan fingerprint density at radius 1 is 1.30 bits per heavy atom. The summed E-state index contributed by atoms with van der Waals surface area (Å²) < 4.78 is 11.1. The zero-order valence-electron chi connectivity index (χ0n) is 12.0. The van der Waals surface area contributed by atoms with Crippen LogP contribution in [0.15, 0.2) is 23.7 Å². The molecule has 1 heterocycles. The van der Waals surface area contributed by atoms with Crippen molar-refractivity contribution in [2.45, 2.75) is 19.8 Å². The molecule has 0 saturated heterocycles. The number of ether oxygens (including phenoxy) is 2. The summed E-state index contributed by atoms with van der Waals surface area (Å²) in [6, 6.07) is 1.96. The smallest absolute Gasteiger partial charge is 0.220 e. The molecule has 1 aromatic heterocycles. The summed E-state index contributed by atoms with van der Waals surface area (Å²) in [7, 11) is 3.38. The Kier molecular flexibility index (Phi) is 3.12.